The minimum absolute atomic E-state index is 0.160. The molecule has 0 fully saturated rings. The summed E-state index contributed by atoms with van der Waals surface area (Å²) < 4.78 is 11.7. The quantitative estimate of drug-likeness (QED) is 0.406. The first-order valence-electron chi connectivity index (χ1n) is 6.58. The van der Waals surface area contributed by atoms with Crippen molar-refractivity contribution in [1.82, 2.24) is 0 Å². The van der Waals surface area contributed by atoms with E-state index in [0.29, 0.717) is 11.5 Å². The van der Waals surface area contributed by atoms with Crippen LogP contribution in [0.15, 0.2) is 12.1 Å². The Labute approximate surface area is 148 Å². The van der Waals surface area contributed by atoms with Crippen molar-refractivity contribution in [2.75, 3.05) is 0 Å². The van der Waals surface area contributed by atoms with Crippen molar-refractivity contribution >= 4 is 46.4 Å². The standard InChI is InChI=1S/C16H12Cl4O2/c1-6-4-8(3)9(5-7(6)2)16-21-14-12(19)10(17)11(18)13(20)15(14)22-16/h4-5,16H,1-3H3. The van der Waals surface area contributed by atoms with Crippen LogP contribution < -0.4 is 9.47 Å². The van der Waals surface area contributed by atoms with Gasteiger partial charge in [-0.15, -0.1) is 0 Å². The number of hydrogen-bond donors (Lipinski definition) is 0. The Bertz CT molecular complexity index is 750. The maximum absolute atomic E-state index is 6.18. The normalized spacial score (nSPS) is 13.8. The van der Waals surface area contributed by atoms with Gasteiger partial charge in [0.1, 0.15) is 10.0 Å². The van der Waals surface area contributed by atoms with Gasteiger partial charge in [0.15, 0.2) is 11.5 Å². The number of rotatable bonds is 1. The molecule has 2 nitrogen and oxygen atoms in total. The third-order valence-corrected chi connectivity index (χ3v) is 5.54. The fraction of sp³-hybridized carbons (Fsp3) is 0.250. The molecule has 0 saturated heterocycles. The largest absolute Gasteiger partial charge is 0.445 e. The molecule has 0 aromatic heterocycles. The van der Waals surface area contributed by atoms with Gasteiger partial charge in [-0.05, 0) is 43.5 Å². The molecular weight excluding hydrogens is 366 g/mol. The van der Waals surface area contributed by atoms with E-state index in [0.717, 1.165) is 16.7 Å². The minimum Gasteiger partial charge on any atom is -0.445 e. The summed E-state index contributed by atoms with van der Waals surface area (Å²) in [6.07, 6.45) is -0.626. The van der Waals surface area contributed by atoms with E-state index in [-0.39, 0.29) is 20.1 Å². The van der Waals surface area contributed by atoms with E-state index < -0.39 is 6.29 Å². The van der Waals surface area contributed by atoms with Gasteiger partial charge < -0.3 is 9.47 Å². The van der Waals surface area contributed by atoms with Crippen molar-refractivity contribution < 1.29 is 9.47 Å². The second kappa shape index (κ2) is 5.68. The van der Waals surface area contributed by atoms with E-state index >= 15 is 0 Å². The summed E-state index contributed by atoms with van der Waals surface area (Å²) in [7, 11) is 0. The summed E-state index contributed by atoms with van der Waals surface area (Å²) in [5.41, 5.74) is 4.33. The fourth-order valence-electron chi connectivity index (χ4n) is 2.40. The number of hydrogen-bond acceptors (Lipinski definition) is 2. The number of ether oxygens (including phenoxy) is 2. The van der Waals surface area contributed by atoms with Gasteiger partial charge in [-0.25, -0.2) is 0 Å². The second-order valence-electron chi connectivity index (χ2n) is 5.27. The summed E-state index contributed by atoms with van der Waals surface area (Å²) in [5.74, 6) is 0.646. The van der Waals surface area contributed by atoms with Crippen LogP contribution in [0.3, 0.4) is 0 Å². The summed E-state index contributed by atoms with van der Waals surface area (Å²) in [6, 6.07) is 4.12. The Morgan fingerprint density at radius 1 is 0.682 bits per heavy atom. The molecule has 0 bridgehead atoms. The zero-order chi connectivity index (χ0) is 16.2. The van der Waals surface area contributed by atoms with E-state index in [9.17, 15) is 0 Å². The molecule has 2 aromatic carbocycles. The Balaban J connectivity index is 2.08. The van der Waals surface area contributed by atoms with Crippen molar-refractivity contribution in [3.8, 4) is 11.5 Å². The first-order valence-corrected chi connectivity index (χ1v) is 8.09. The van der Waals surface area contributed by atoms with E-state index in [4.69, 9.17) is 55.9 Å². The van der Waals surface area contributed by atoms with Crippen LogP contribution in [-0.4, -0.2) is 0 Å². The number of benzene rings is 2. The number of aryl methyl sites for hydroxylation is 3. The van der Waals surface area contributed by atoms with Gasteiger partial charge in [-0.2, -0.15) is 0 Å². The lowest BCUT2D eigenvalue weighted by molar-refractivity contribution is 0.0482. The van der Waals surface area contributed by atoms with Crippen LogP contribution in [0.1, 0.15) is 28.5 Å². The lowest BCUT2D eigenvalue weighted by atomic mass is 10.0. The average molecular weight is 378 g/mol. The van der Waals surface area contributed by atoms with Crippen LogP contribution in [0.5, 0.6) is 11.5 Å². The average Bonchev–Trinajstić information content (AvgIpc) is 2.92. The van der Waals surface area contributed by atoms with Crippen LogP contribution in [0.4, 0.5) is 0 Å². The molecule has 0 spiro atoms. The monoisotopic (exact) mass is 376 g/mol. The molecule has 116 valence electrons. The SMILES string of the molecule is Cc1cc(C)c(C2Oc3c(Cl)c(Cl)c(Cl)c(Cl)c3O2)cc1C. The van der Waals surface area contributed by atoms with Gasteiger partial charge in [0.05, 0.1) is 10.0 Å². The minimum atomic E-state index is -0.626. The highest BCUT2D eigenvalue weighted by molar-refractivity contribution is 6.53. The van der Waals surface area contributed by atoms with Crippen LogP contribution in [0.25, 0.3) is 0 Å². The highest BCUT2D eigenvalue weighted by Gasteiger charge is 2.34. The maximum atomic E-state index is 6.18. The molecule has 0 unspecified atom stereocenters. The molecule has 0 amide bonds. The Morgan fingerprint density at radius 2 is 1.14 bits per heavy atom. The molecule has 0 aliphatic carbocycles. The zero-order valence-electron chi connectivity index (χ0n) is 12.1. The van der Waals surface area contributed by atoms with Gasteiger partial charge in [0.25, 0.3) is 6.29 Å². The van der Waals surface area contributed by atoms with Gasteiger partial charge in [0.2, 0.25) is 0 Å². The zero-order valence-corrected chi connectivity index (χ0v) is 15.1. The van der Waals surface area contributed by atoms with Gasteiger partial charge in [0, 0.05) is 5.56 Å². The summed E-state index contributed by atoms with van der Waals surface area (Å²) in [4.78, 5) is 0. The Morgan fingerprint density at radius 3 is 1.64 bits per heavy atom. The molecule has 0 atom stereocenters. The van der Waals surface area contributed by atoms with E-state index in [1.807, 2.05) is 19.9 Å². The van der Waals surface area contributed by atoms with Crippen molar-refractivity contribution in [2.45, 2.75) is 27.1 Å². The maximum Gasteiger partial charge on any atom is 0.268 e. The van der Waals surface area contributed by atoms with Crippen LogP contribution in [-0.2, 0) is 0 Å². The Kier molecular flexibility index (Phi) is 4.15. The van der Waals surface area contributed by atoms with Crippen LogP contribution >= 0.6 is 46.4 Å². The lowest BCUT2D eigenvalue weighted by Gasteiger charge is -2.15. The topological polar surface area (TPSA) is 18.5 Å². The van der Waals surface area contributed by atoms with Crippen LogP contribution in [0.2, 0.25) is 20.1 Å². The lowest BCUT2D eigenvalue weighted by Crippen LogP contribution is -2.10. The summed E-state index contributed by atoms with van der Waals surface area (Å²) in [5, 5.41) is 0.728. The molecule has 0 N–H and O–H groups in total. The van der Waals surface area contributed by atoms with Crippen molar-refractivity contribution in [2.24, 2.45) is 0 Å². The summed E-state index contributed by atoms with van der Waals surface area (Å²) in [6.45, 7) is 6.10. The molecule has 3 rings (SSSR count). The predicted octanol–water partition coefficient (Wildman–Crippen LogP) is 6.70. The fourth-order valence-corrected chi connectivity index (χ4v) is 3.31. The number of fused-ring (bicyclic) bond motifs is 1. The van der Waals surface area contributed by atoms with E-state index in [1.54, 1.807) is 0 Å². The molecule has 1 aliphatic heterocycles. The summed E-state index contributed by atoms with van der Waals surface area (Å²) >= 11 is 24.5. The van der Waals surface area contributed by atoms with Gasteiger partial charge in [-0.1, -0.05) is 52.5 Å². The molecular formula is C16H12Cl4O2. The second-order valence-corrected chi connectivity index (χ2v) is 6.79. The third kappa shape index (κ3) is 2.43. The molecule has 22 heavy (non-hydrogen) atoms. The third-order valence-electron chi connectivity index (χ3n) is 3.77. The van der Waals surface area contributed by atoms with Crippen molar-refractivity contribution in [1.29, 1.82) is 0 Å². The molecule has 2 aromatic rings. The molecule has 1 aliphatic rings. The van der Waals surface area contributed by atoms with E-state index in [2.05, 4.69) is 13.0 Å². The molecule has 6 heteroatoms. The first-order chi connectivity index (χ1) is 10.3. The molecule has 1 heterocycles. The van der Waals surface area contributed by atoms with Gasteiger partial charge in [-0.3, -0.25) is 0 Å². The highest BCUT2D eigenvalue weighted by atomic mass is 35.5. The number of halogens is 4. The predicted molar refractivity (Wildman–Crippen MR) is 91.1 cm³/mol. The smallest absolute Gasteiger partial charge is 0.268 e. The van der Waals surface area contributed by atoms with Crippen LogP contribution in [0, 0.1) is 20.8 Å². The van der Waals surface area contributed by atoms with Crippen molar-refractivity contribution in [3.63, 3.8) is 0 Å². The first kappa shape index (κ1) is 16.1. The molecule has 0 saturated carbocycles. The van der Waals surface area contributed by atoms with E-state index in [1.165, 1.54) is 5.56 Å². The highest BCUT2D eigenvalue weighted by Crippen LogP contribution is 2.55. The van der Waals surface area contributed by atoms with Gasteiger partial charge >= 0.3 is 0 Å². The van der Waals surface area contributed by atoms with Crippen molar-refractivity contribution in [3.05, 3.63) is 54.5 Å². The molecule has 0 radical (unpaired) electrons. The Hall–Kier alpha value is -0.800.